The predicted molar refractivity (Wildman–Crippen MR) is 56.3 cm³/mol. The lowest BCUT2D eigenvalue weighted by atomic mass is 10.1. The molecule has 0 saturated carbocycles. The smallest absolute Gasteiger partial charge is 0.217 e. The first-order chi connectivity index (χ1) is 6.50. The summed E-state index contributed by atoms with van der Waals surface area (Å²) >= 11 is 3.17. The first kappa shape index (κ1) is 11.2. The van der Waals surface area contributed by atoms with E-state index in [1.54, 1.807) is 19.1 Å². The van der Waals surface area contributed by atoms with Crippen LogP contribution in [0, 0.1) is 5.82 Å². The van der Waals surface area contributed by atoms with Gasteiger partial charge in [0.1, 0.15) is 5.82 Å². The van der Waals surface area contributed by atoms with E-state index in [4.69, 9.17) is 0 Å². The number of rotatable bonds is 2. The van der Waals surface area contributed by atoms with Gasteiger partial charge in [-0.1, -0.05) is 22.0 Å². The van der Waals surface area contributed by atoms with E-state index in [1.807, 2.05) is 0 Å². The Balaban J connectivity index is 2.90. The van der Waals surface area contributed by atoms with Gasteiger partial charge in [-0.25, -0.2) is 4.39 Å². The molecule has 0 spiro atoms. The minimum Gasteiger partial charge on any atom is -0.350 e. The molecule has 76 valence electrons. The molecule has 0 aliphatic heterocycles. The zero-order chi connectivity index (χ0) is 10.7. The van der Waals surface area contributed by atoms with Crippen LogP contribution >= 0.6 is 15.9 Å². The molecule has 1 atom stereocenters. The van der Waals surface area contributed by atoms with Gasteiger partial charge in [0, 0.05) is 17.0 Å². The van der Waals surface area contributed by atoms with Crippen molar-refractivity contribution < 1.29 is 9.18 Å². The van der Waals surface area contributed by atoms with Gasteiger partial charge in [0.15, 0.2) is 0 Å². The van der Waals surface area contributed by atoms with Gasteiger partial charge in [-0.3, -0.25) is 4.79 Å². The Morgan fingerprint density at radius 1 is 1.57 bits per heavy atom. The molecule has 1 aromatic rings. The maximum absolute atomic E-state index is 13.4. The van der Waals surface area contributed by atoms with Crippen molar-refractivity contribution in [3.63, 3.8) is 0 Å². The summed E-state index contributed by atoms with van der Waals surface area (Å²) in [5, 5.41) is 2.63. The molecule has 0 bridgehead atoms. The van der Waals surface area contributed by atoms with Gasteiger partial charge in [-0.15, -0.1) is 0 Å². The second-order valence-electron chi connectivity index (χ2n) is 3.09. The fourth-order valence-corrected chi connectivity index (χ4v) is 1.57. The van der Waals surface area contributed by atoms with Gasteiger partial charge in [0.2, 0.25) is 5.91 Å². The number of benzene rings is 1. The van der Waals surface area contributed by atoms with Gasteiger partial charge in [0.05, 0.1) is 6.04 Å². The summed E-state index contributed by atoms with van der Waals surface area (Å²) in [6.45, 7) is 3.15. The minimum absolute atomic E-state index is 0.167. The Bertz CT molecular complexity index is 354. The van der Waals surface area contributed by atoms with Crippen molar-refractivity contribution in [3.8, 4) is 0 Å². The maximum Gasteiger partial charge on any atom is 0.217 e. The largest absolute Gasteiger partial charge is 0.350 e. The van der Waals surface area contributed by atoms with Crippen LogP contribution in [0.3, 0.4) is 0 Å². The molecule has 0 aromatic heterocycles. The van der Waals surface area contributed by atoms with Crippen LogP contribution in [-0.4, -0.2) is 5.91 Å². The predicted octanol–water partition coefficient (Wildman–Crippen LogP) is 2.79. The van der Waals surface area contributed by atoms with Crippen molar-refractivity contribution >= 4 is 21.8 Å². The van der Waals surface area contributed by atoms with Crippen molar-refractivity contribution in [2.45, 2.75) is 19.9 Å². The molecule has 0 aliphatic rings. The molecule has 0 saturated heterocycles. The van der Waals surface area contributed by atoms with E-state index >= 15 is 0 Å². The molecule has 1 rings (SSSR count). The summed E-state index contributed by atoms with van der Waals surface area (Å²) in [5.41, 5.74) is 0.489. The number of carbonyl (C=O) groups is 1. The Hall–Kier alpha value is -0.900. The topological polar surface area (TPSA) is 29.1 Å². The highest BCUT2D eigenvalue weighted by molar-refractivity contribution is 9.10. The van der Waals surface area contributed by atoms with Crippen LogP contribution in [0.2, 0.25) is 0 Å². The molecule has 14 heavy (non-hydrogen) atoms. The van der Waals surface area contributed by atoms with Crippen molar-refractivity contribution in [2.75, 3.05) is 0 Å². The zero-order valence-electron chi connectivity index (χ0n) is 7.97. The zero-order valence-corrected chi connectivity index (χ0v) is 9.56. The quantitative estimate of drug-likeness (QED) is 0.870. The van der Waals surface area contributed by atoms with Gasteiger partial charge in [-0.2, -0.15) is 0 Å². The molecule has 0 fully saturated rings. The first-order valence-electron chi connectivity index (χ1n) is 4.22. The van der Waals surface area contributed by atoms with Crippen molar-refractivity contribution in [1.29, 1.82) is 0 Å². The van der Waals surface area contributed by atoms with Crippen molar-refractivity contribution in [3.05, 3.63) is 34.1 Å². The monoisotopic (exact) mass is 259 g/mol. The number of amides is 1. The average molecular weight is 260 g/mol. The van der Waals surface area contributed by atoms with E-state index in [-0.39, 0.29) is 17.8 Å². The summed E-state index contributed by atoms with van der Waals surface area (Å²) < 4.78 is 14.1. The van der Waals surface area contributed by atoms with Crippen molar-refractivity contribution in [2.24, 2.45) is 0 Å². The number of hydrogen-bond acceptors (Lipinski definition) is 1. The van der Waals surface area contributed by atoms with Crippen LogP contribution in [0.15, 0.2) is 22.7 Å². The van der Waals surface area contributed by atoms with Crippen LogP contribution in [0.4, 0.5) is 4.39 Å². The summed E-state index contributed by atoms with van der Waals surface area (Å²) in [7, 11) is 0. The van der Waals surface area contributed by atoms with Gasteiger partial charge >= 0.3 is 0 Å². The van der Waals surface area contributed by atoms with Gasteiger partial charge < -0.3 is 5.32 Å². The lowest BCUT2D eigenvalue weighted by molar-refractivity contribution is -0.119. The molecular weight excluding hydrogens is 249 g/mol. The third-order valence-electron chi connectivity index (χ3n) is 1.85. The van der Waals surface area contributed by atoms with E-state index in [9.17, 15) is 9.18 Å². The van der Waals surface area contributed by atoms with Gasteiger partial charge in [0.25, 0.3) is 0 Å². The third kappa shape index (κ3) is 2.80. The second-order valence-corrected chi connectivity index (χ2v) is 4.00. The molecule has 0 radical (unpaired) electrons. The summed E-state index contributed by atoms with van der Waals surface area (Å²) in [6.07, 6.45) is 0. The van der Waals surface area contributed by atoms with Gasteiger partial charge in [-0.05, 0) is 19.1 Å². The van der Waals surface area contributed by atoms with Crippen LogP contribution in [0.5, 0.6) is 0 Å². The highest BCUT2D eigenvalue weighted by atomic mass is 79.9. The van der Waals surface area contributed by atoms with Crippen LogP contribution in [0.1, 0.15) is 25.5 Å². The highest BCUT2D eigenvalue weighted by Gasteiger charge is 2.11. The van der Waals surface area contributed by atoms with E-state index in [0.717, 1.165) is 0 Å². The standard InChI is InChI=1S/C10H11BrFNO/c1-6(13-7(2)14)9-4-3-8(11)5-10(9)12/h3-6H,1-2H3,(H,13,14)/t6-/m1/s1. The Labute approximate surface area is 90.6 Å². The second kappa shape index (κ2) is 4.55. The normalized spacial score (nSPS) is 12.3. The maximum atomic E-state index is 13.4. The average Bonchev–Trinajstić information content (AvgIpc) is 2.01. The molecule has 2 nitrogen and oxygen atoms in total. The summed E-state index contributed by atoms with van der Waals surface area (Å²) in [6, 6.07) is 4.48. The Morgan fingerprint density at radius 3 is 2.71 bits per heavy atom. The number of carbonyl (C=O) groups excluding carboxylic acids is 1. The van der Waals surface area contributed by atoms with E-state index in [0.29, 0.717) is 10.0 Å². The first-order valence-corrected chi connectivity index (χ1v) is 5.02. The van der Waals surface area contributed by atoms with Crippen molar-refractivity contribution in [1.82, 2.24) is 5.32 Å². The Morgan fingerprint density at radius 2 is 2.21 bits per heavy atom. The highest BCUT2D eigenvalue weighted by Crippen LogP contribution is 2.20. The minimum atomic E-state index is -0.319. The molecular formula is C10H11BrFNO. The van der Waals surface area contributed by atoms with Crippen LogP contribution < -0.4 is 5.32 Å². The molecule has 1 aromatic carbocycles. The Kier molecular flexibility index (Phi) is 3.63. The third-order valence-corrected chi connectivity index (χ3v) is 2.34. The number of halogens is 2. The molecule has 1 amide bonds. The van der Waals surface area contributed by atoms with Crippen LogP contribution in [-0.2, 0) is 4.79 Å². The lowest BCUT2D eigenvalue weighted by Gasteiger charge is -2.13. The fraction of sp³-hybridized carbons (Fsp3) is 0.300. The van der Waals surface area contributed by atoms with Crippen LogP contribution in [0.25, 0.3) is 0 Å². The molecule has 4 heteroatoms. The molecule has 0 aliphatic carbocycles. The van der Waals surface area contributed by atoms with E-state index in [2.05, 4.69) is 21.2 Å². The molecule has 1 N–H and O–H groups in total. The summed E-state index contributed by atoms with van der Waals surface area (Å²) in [5.74, 6) is -0.486. The number of hydrogen-bond donors (Lipinski definition) is 1. The molecule has 0 heterocycles. The number of nitrogens with one attached hydrogen (secondary N) is 1. The summed E-state index contributed by atoms with van der Waals surface area (Å²) in [4.78, 5) is 10.8. The molecule has 0 unspecified atom stereocenters. The van der Waals surface area contributed by atoms with E-state index in [1.165, 1.54) is 13.0 Å². The lowest BCUT2D eigenvalue weighted by Crippen LogP contribution is -2.24. The SMILES string of the molecule is CC(=O)N[C@H](C)c1ccc(Br)cc1F. The fourth-order valence-electron chi connectivity index (χ4n) is 1.24. The van der Waals surface area contributed by atoms with E-state index < -0.39 is 0 Å².